The van der Waals surface area contributed by atoms with Gasteiger partial charge in [-0.05, 0) is 12.8 Å². The van der Waals surface area contributed by atoms with Gasteiger partial charge in [-0.3, -0.25) is 4.79 Å². The summed E-state index contributed by atoms with van der Waals surface area (Å²) in [4.78, 5) is 23.7. The number of hydrogen-bond acceptors (Lipinski definition) is 2. The van der Waals surface area contributed by atoms with Crippen LogP contribution in [0.15, 0.2) is 0 Å². The minimum absolute atomic E-state index is 0.0510. The maximum atomic E-state index is 11.5. The van der Waals surface area contributed by atoms with Crippen molar-refractivity contribution in [3.8, 4) is 0 Å². The smallest absolute Gasteiger partial charge is 0.326 e. The van der Waals surface area contributed by atoms with Gasteiger partial charge in [0, 0.05) is 12.5 Å². The molecule has 1 N–H and O–H groups in total. The van der Waals surface area contributed by atoms with Gasteiger partial charge in [0.1, 0.15) is 6.04 Å². The molecule has 1 atom stereocenters. The van der Waals surface area contributed by atoms with E-state index in [0.29, 0.717) is 13.0 Å². The van der Waals surface area contributed by atoms with Gasteiger partial charge in [0.15, 0.2) is 0 Å². The van der Waals surface area contributed by atoms with Crippen LogP contribution in [-0.2, 0) is 9.59 Å². The molecule has 1 heterocycles. The van der Waals surface area contributed by atoms with E-state index in [0.717, 1.165) is 6.42 Å². The highest BCUT2D eigenvalue weighted by atomic mass is 16.4. The summed E-state index contributed by atoms with van der Waals surface area (Å²) in [6.45, 7) is 4.17. The number of carbonyl (C=O) groups is 2. The number of hydrogen-bond donors (Lipinski definition) is 1. The lowest BCUT2D eigenvalue weighted by Gasteiger charge is -2.23. The van der Waals surface area contributed by atoms with Crippen molar-refractivity contribution < 1.29 is 14.7 Å². The van der Waals surface area contributed by atoms with E-state index in [1.54, 1.807) is 13.8 Å². The first-order valence-corrected chi connectivity index (χ1v) is 4.57. The quantitative estimate of drug-likeness (QED) is 0.689. The molecule has 0 spiro atoms. The first-order chi connectivity index (χ1) is 6.04. The van der Waals surface area contributed by atoms with Crippen LogP contribution in [0.2, 0.25) is 0 Å². The number of carboxylic acids is 1. The van der Waals surface area contributed by atoms with E-state index in [1.165, 1.54) is 4.90 Å². The topological polar surface area (TPSA) is 57.6 Å². The first-order valence-electron chi connectivity index (χ1n) is 4.57. The van der Waals surface area contributed by atoms with Crippen LogP contribution in [0.4, 0.5) is 0 Å². The van der Waals surface area contributed by atoms with E-state index in [9.17, 15) is 9.59 Å². The molecule has 1 aliphatic heterocycles. The fraction of sp³-hybridized carbons (Fsp3) is 0.778. The maximum absolute atomic E-state index is 11.5. The number of aliphatic carboxylic acids is 1. The highest BCUT2D eigenvalue weighted by Crippen LogP contribution is 2.19. The fourth-order valence-corrected chi connectivity index (χ4v) is 1.62. The average molecular weight is 185 g/mol. The Hall–Kier alpha value is -1.06. The van der Waals surface area contributed by atoms with Crippen LogP contribution in [0.1, 0.15) is 26.7 Å². The largest absolute Gasteiger partial charge is 0.480 e. The molecule has 0 aromatic rings. The lowest BCUT2D eigenvalue weighted by Crippen LogP contribution is -2.42. The summed E-state index contributed by atoms with van der Waals surface area (Å²) in [5.41, 5.74) is 0. The first kappa shape index (κ1) is 10.0. The van der Waals surface area contributed by atoms with Gasteiger partial charge in [-0.15, -0.1) is 0 Å². The zero-order chi connectivity index (χ0) is 10.0. The summed E-state index contributed by atoms with van der Waals surface area (Å²) < 4.78 is 0. The molecule has 0 radical (unpaired) electrons. The number of amides is 1. The minimum atomic E-state index is -0.883. The average Bonchev–Trinajstić information content (AvgIpc) is 2.50. The van der Waals surface area contributed by atoms with Gasteiger partial charge in [0.2, 0.25) is 5.91 Å². The third-order valence-corrected chi connectivity index (χ3v) is 2.31. The SMILES string of the molecule is CC(C)C(=O)N1CCC[C@H]1C(=O)O. The van der Waals surface area contributed by atoms with E-state index in [-0.39, 0.29) is 11.8 Å². The van der Waals surface area contributed by atoms with Crippen molar-refractivity contribution in [1.82, 2.24) is 4.90 Å². The molecule has 0 aliphatic carbocycles. The standard InChI is InChI=1S/C9H15NO3/c1-6(2)8(11)10-5-3-4-7(10)9(12)13/h6-7H,3-5H2,1-2H3,(H,12,13)/t7-/m0/s1. The van der Waals surface area contributed by atoms with Crippen LogP contribution in [-0.4, -0.2) is 34.5 Å². The molecule has 1 aliphatic rings. The van der Waals surface area contributed by atoms with Crippen molar-refractivity contribution in [2.24, 2.45) is 5.92 Å². The van der Waals surface area contributed by atoms with Crippen molar-refractivity contribution >= 4 is 11.9 Å². The second-order valence-corrected chi connectivity index (χ2v) is 3.68. The van der Waals surface area contributed by atoms with E-state index >= 15 is 0 Å². The second kappa shape index (κ2) is 3.77. The highest BCUT2D eigenvalue weighted by molar-refractivity contribution is 5.85. The Morgan fingerprint density at radius 2 is 2.08 bits per heavy atom. The molecule has 1 saturated heterocycles. The molecule has 0 unspecified atom stereocenters. The van der Waals surface area contributed by atoms with E-state index in [1.807, 2.05) is 0 Å². The third kappa shape index (κ3) is 1.99. The number of likely N-dealkylation sites (tertiary alicyclic amines) is 1. The summed E-state index contributed by atoms with van der Waals surface area (Å²) in [6.07, 6.45) is 1.39. The lowest BCUT2D eigenvalue weighted by molar-refractivity contribution is -0.149. The minimum Gasteiger partial charge on any atom is -0.480 e. The van der Waals surface area contributed by atoms with Crippen molar-refractivity contribution in [1.29, 1.82) is 0 Å². The zero-order valence-electron chi connectivity index (χ0n) is 7.99. The van der Waals surface area contributed by atoms with Gasteiger partial charge in [-0.25, -0.2) is 4.79 Å². The Balaban J connectivity index is 2.68. The maximum Gasteiger partial charge on any atom is 0.326 e. The molecule has 1 fully saturated rings. The number of carbonyl (C=O) groups excluding carboxylic acids is 1. The third-order valence-electron chi connectivity index (χ3n) is 2.31. The Labute approximate surface area is 77.5 Å². The molecule has 74 valence electrons. The molecule has 4 heteroatoms. The summed E-state index contributed by atoms with van der Waals surface area (Å²) in [5, 5.41) is 8.82. The normalized spacial score (nSPS) is 22.4. The molecule has 0 bridgehead atoms. The second-order valence-electron chi connectivity index (χ2n) is 3.68. The van der Waals surface area contributed by atoms with Gasteiger partial charge in [0.05, 0.1) is 0 Å². The van der Waals surface area contributed by atoms with Gasteiger partial charge in [-0.2, -0.15) is 0 Å². The molecule has 0 aromatic heterocycles. The predicted octanol–water partition coefficient (Wildman–Crippen LogP) is 0.718. The number of rotatable bonds is 2. The van der Waals surface area contributed by atoms with E-state index in [4.69, 9.17) is 5.11 Å². The summed E-state index contributed by atoms with van der Waals surface area (Å²) in [6, 6.07) is -0.588. The molecular formula is C9H15NO3. The van der Waals surface area contributed by atoms with E-state index in [2.05, 4.69) is 0 Å². The summed E-state index contributed by atoms with van der Waals surface area (Å²) in [7, 11) is 0. The summed E-state index contributed by atoms with van der Waals surface area (Å²) in [5.74, 6) is -1.05. The fourth-order valence-electron chi connectivity index (χ4n) is 1.62. The lowest BCUT2D eigenvalue weighted by atomic mass is 10.1. The Morgan fingerprint density at radius 1 is 1.46 bits per heavy atom. The predicted molar refractivity (Wildman–Crippen MR) is 47.2 cm³/mol. The van der Waals surface area contributed by atoms with Crippen LogP contribution in [0, 0.1) is 5.92 Å². The molecule has 0 saturated carbocycles. The van der Waals surface area contributed by atoms with Crippen LogP contribution in [0.3, 0.4) is 0 Å². The van der Waals surface area contributed by atoms with Gasteiger partial charge in [-0.1, -0.05) is 13.8 Å². The van der Waals surface area contributed by atoms with Crippen LogP contribution < -0.4 is 0 Å². The molecule has 1 amide bonds. The zero-order valence-corrected chi connectivity index (χ0v) is 7.99. The number of carboxylic acid groups (broad SMARTS) is 1. The Morgan fingerprint density at radius 3 is 2.54 bits per heavy atom. The van der Waals surface area contributed by atoms with Crippen LogP contribution in [0.5, 0.6) is 0 Å². The Kier molecular flexibility index (Phi) is 2.90. The Bertz CT molecular complexity index is 225. The summed E-state index contributed by atoms with van der Waals surface area (Å²) >= 11 is 0. The monoisotopic (exact) mass is 185 g/mol. The van der Waals surface area contributed by atoms with Crippen molar-refractivity contribution in [3.63, 3.8) is 0 Å². The molecule has 4 nitrogen and oxygen atoms in total. The van der Waals surface area contributed by atoms with E-state index < -0.39 is 12.0 Å². The molecule has 13 heavy (non-hydrogen) atoms. The van der Waals surface area contributed by atoms with Crippen molar-refractivity contribution in [2.45, 2.75) is 32.7 Å². The van der Waals surface area contributed by atoms with Gasteiger partial charge in [0.25, 0.3) is 0 Å². The van der Waals surface area contributed by atoms with Crippen LogP contribution >= 0.6 is 0 Å². The molecular weight excluding hydrogens is 170 g/mol. The van der Waals surface area contributed by atoms with Crippen molar-refractivity contribution in [2.75, 3.05) is 6.54 Å². The van der Waals surface area contributed by atoms with Gasteiger partial charge >= 0.3 is 5.97 Å². The highest BCUT2D eigenvalue weighted by Gasteiger charge is 2.34. The van der Waals surface area contributed by atoms with Gasteiger partial charge < -0.3 is 10.0 Å². The van der Waals surface area contributed by atoms with Crippen LogP contribution in [0.25, 0.3) is 0 Å². The molecule has 1 rings (SSSR count). The molecule has 0 aromatic carbocycles. The van der Waals surface area contributed by atoms with Crippen molar-refractivity contribution in [3.05, 3.63) is 0 Å². The number of nitrogens with zero attached hydrogens (tertiary/aromatic N) is 1.